The minimum Gasteiger partial charge on any atom is -0.434 e. The molecule has 0 atom stereocenters. The summed E-state index contributed by atoms with van der Waals surface area (Å²) in [5.74, 6) is -0.901. The van der Waals surface area contributed by atoms with Gasteiger partial charge in [0.25, 0.3) is 0 Å². The third-order valence-corrected chi connectivity index (χ3v) is 3.34. The normalized spacial score (nSPS) is 13.5. The first kappa shape index (κ1) is 14.1. The van der Waals surface area contributed by atoms with E-state index in [1.54, 1.807) is 30.3 Å². The number of ether oxygens (including phenoxy) is 1. The number of allylic oxidation sites excluding steroid dienone is 1. The standard InChI is InChI=1S/C17H10F2O3/c18-17(19)22-14-8-4-1-5-10(14)9-13-15(20)11-6-2-3-7-12(11)16(13)21/h1-9,17H. The van der Waals surface area contributed by atoms with Crippen molar-refractivity contribution in [3.05, 3.63) is 70.8 Å². The molecule has 3 rings (SSSR count). The van der Waals surface area contributed by atoms with Crippen molar-refractivity contribution in [2.45, 2.75) is 6.61 Å². The second kappa shape index (κ2) is 5.52. The van der Waals surface area contributed by atoms with Gasteiger partial charge in [0.15, 0.2) is 11.6 Å². The minimum absolute atomic E-state index is 0.0495. The zero-order valence-corrected chi connectivity index (χ0v) is 11.3. The number of Topliss-reactive ketones (excluding diaryl/α,β-unsaturated/α-hetero) is 2. The van der Waals surface area contributed by atoms with Crippen molar-refractivity contribution >= 4 is 17.6 Å². The van der Waals surface area contributed by atoms with Gasteiger partial charge in [-0.25, -0.2) is 0 Å². The topological polar surface area (TPSA) is 43.4 Å². The van der Waals surface area contributed by atoms with E-state index in [9.17, 15) is 18.4 Å². The Balaban J connectivity index is 2.05. The summed E-state index contributed by atoms with van der Waals surface area (Å²) in [6.45, 7) is -2.98. The smallest absolute Gasteiger partial charge is 0.387 e. The predicted octanol–water partition coefficient (Wildman–Crippen LogP) is 3.75. The summed E-state index contributed by atoms with van der Waals surface area (Å²) in [6, 6.07) is 12.5. The Kier molecular flexibility index (Phi) is 3.55. The van der Waals surface area contributed by atoms with Crippen LogP contribution in [0.25, 0.3) is 6.08 Å². The summed E-state index contributed by atoms with van der Waals surface area (Å²) >= 11 is 0. The van der Waals surface area contributed by atoms with E-state index in [1.807, 2.05) is 0 Å². The lowest BCUT2D eigenvalue weighted by molar-refractivity contribution is -0.0499. The van der Waals surface area contributed by atoms with Crippen LogP contribution in [0.1, 0.15) is 26.3 Å². The van der Waals surface area contributed by atoms with Gasteiger partial charge in [-0.15, -0.1) is 0 Å². The average Bonchev–Trinajstić information content (AvgIpc) is 2.74. The Labute approximate surface area is 124 Å². The molecule has 0 aliphatic heterocycles. The summed E-state index contributed by atoms with van der Waals surface area (Å²) in [4.78, 5) is 24.5. The largest absolute Gasteiger partial charge is 0.434 e. The van der Waals surface area contributed by atoms with Crippen LogP contribution in [0, 0.1) is 0 Å². The van der Waals surface area contributed by atoms with E-state index in [-0.39, 0.29) is 16.9 Å². The molecule has 0 bridgehead atoms. The fourth-order valence-corrected chi connectivity index (χ4v) is 2.36. The number of carbonyl (C=O) groups excluding carboxylic acids is 2. The number of para-hydroxylation sites is 1. The van der Waals surface area contributed by atoms with Gasteiger partial charge in [-0.2, -0.15) is 8.78 Å². The molecule has 0 N–H and O–H groups in total. The van der Waals surface area contributed by atoms with Crippen LogP contribution < -0.4 is 4.74 Å². The molecule has 0 spiro atoms. The molecular formula is C17H10F2O3. The lowest BCUT2D eigenvalue weighted by Crippen LogP contribution is -2.04. The second-order valence-electron chi connectivity index (χ2n) is 4.68. The van der Waals surface area contributed by atoms with Gasteiger partial charge in [0, 0.05) is 16.7 Å². The molecule has 110 valence electrons. The molecule has 2 aromatic carbocycles. The monoisotopic (exact) mass is 300 g/mol. The minimum atomic E-state index is -2.98. The summed E-state index contributed by atoms with van der Waals surface area (Å²) in [7, 11) is 0. The molecule has 1 aliphatic carbocycles. The Bertz CT molecular complexity index is 757. The van der Waals surface area contributed by atoms with Gasteiger partial charge in [-0.3, -0.25) is 9.59 Å². The lowest BCUT2D eigenvalue weighted by atomic mass is 10.1. The van der Waals surface area contributed by atoms with Crippen molar-refractivity contribution < 1.29 is 23.1 Å². The van der Waals surface area contributed by atoms with Gasteiger partial charge >= 0.3 is 6.61 Å². The van der Waals surface area contributed by atoms with Gasteiger partial charge in [-0.1, -0.05) is 42.5 Å². The zero-order chi connectivity index (χ0) is 15.7. The molecule has 0 unspecified atom stereocenters. The van der Waals surface area contributed by atoms with Crippen molar-refractivity contribution in [2.75, 3.05) is 0 Å². The van der Waals surface area contributed by atoms with E-state index in [4.69, 9.17) is 0 Å². The highest BCUT2D eigenvalue weighted by molar-refractivity contribution is 6.41. The zero-order valence-electron chi connectivity index (χ0n) is 11.3. The summed E-state index contributed by atoms with van der Waals surface area (Å²) in [5.41, 5.74) is 0.857. The van der Waals surface area contributed by atoms with Crippen LogP contribution in [0.3, 0.4) is 0 Å². The maximum absolute atomic E-state index is 12.4. The molecule has 0 radical (unpaired) electrons. The molecule has 1 aliphatic rings. The van der Waals surface area contributed by atoms with Crippen LogP contribution in [0.5, 0.6) is 5.75 Å². The van der Waals surface area contributed by atoms with Crippen LogP contribution >= 0.6 is 0 Å². The van der Waals surface area contributed by atoms with Gasteiger partial charge in [-0.05, 0) is 12.1 Å². The van der Waals surface area contributed by atoms with Crippen LogP contribution in [0.2, 0.25) is 0 Å². The molecular weight excluding hydrogens is 290 g/mol. The maximum Gasteiger partial charge on any atom is 0.387 e. The molecule has 0 saturated carbocycles. The Morgan fingerprint density at radius 1 is 0.864 bits per heavy atom. The molecule has 0 heterocycles. The fourth-order valence-electron chi connectivity index (χ4n) is 2.36. The number of ketones is 2. The highest BCUT2D eigenvalue weighted by atomic mass is 19.3. The first-order valence-electron chi connectivity index (χ1n) is 6.52. The molecule has 0 amide bonds. The second-order valence-corrected chi connectivity index (χ2v) is 4.68. The van der Waals surface area contributed by atoms with Crippen LogP contribution in [0.4, 0.5) is 8.78 Å². The maximum atomic E-state index is 12.4. The van der Waals surface area contributed by atoms with E-state index in [1.165, 1.54) is 24.3 Å². The molecule has 0 saturated heterocycles. The number of alkyl halides is 2. The quantitative estimate of drug-likeness (QED) is 0.640. The Morgan fingerprint density at radius 3 is 2.00 bits per heavy atom. The van der Waals surface area contributed by atoms with Crippen molar-refractivity contribution in [1.82, 2.24) is 0 Å². The van der Waals surface area contributed by atoms with E-state index < -0.39 is 18.2 Å². The van der Waals surface area contributed by atoms with Gasteiger partial charge in [0.05, 0.1) is 5.57 Å². The lowest BCUT2D eigenvalue weighted by Gasteiger charge is -2.07. The number of halogens is 2. The number of rotatable bonds is 3. The van der Waals surface area contributed by atoms with Crippen molar-refractivity contribution in [1.29, 1.82) is 0 Å². The molecule has 3 nitrogen and oxygen atoms in total. The van der Waals surface area contributed by atoms with Crippen LogP contribution in [-0.4, -0.2) is 18.2 Å². The first-order valence-corrected chi connectivity index (χ1v) is 6.52. The Hall–Kier alpha value is -2.82. The van der Waals surface area contributed by atoms with Crippen molar-refractivity contribution in [3.8, 4) is 5.75 Å². The number of carbonyl (C=O) groups is 2. The third-order valence-electron chi connectivity index (χ3n) is 3.34. The molecule has 0 fully saturated rings. The number of hydrogen-bond acceptors (Lipinski definition) is 3. The fraction of sp³-hybridized carbons (Fsp3) is 0.0588. The van der Waals surface area contributed by atoms with Crippen molar-refractivity contribution in [2.24, 2.45) is 0 Å². The summed E-state index contributed by atoms with van der Waals surface area (Å²) in [6.07, 6.45) is 1.29. The van der Waals surface area contributed by atoms with E-state index in [0.717, 1.165) is 0 Å². The average molecular weight is 300 g/mol. The predicted molar refractivity (Wildman–Crippen MR) is 76.2 cm³/mol. The molecule has 0 aromatic heterocycles. The summed E-state index contributed by atoms with van der Waals surface area (Å²) in [5, 5.41) is 0. The highest BCUT2D eigenvalue weighted by Gasteiger charge is 2.32. The third kappa shape index (κ3) is 2.41. The van der Waals surface area contributed by atoms with E-state index in [0.29, 0.717) is 11.1 Å². The SMILES string of the molecule is O=C1C(=Cc2ccccc2OC(F)F)C(=O)c2ccccc21. The molecule has 2 aromatic rings. The summed E-state index contributed by atoms with van der Waals surface area (Å²) < 4.78 is 29.2. The molecule has 5 heteroatoms. The Morgan fingerprint density at radius 2 is 1.41 bits per heavy atom. The van der Waals surface area contributed by atoms with Crippen LogP contribution in [0.15, 0.2) is 54.1 Å². The van der Waals surface area contributed by atoms with Crippen LogP contribution in [-0.2, 0) is 0 Å². The highest BCUT2D eigenvalue weighted by Crippen LogP contribution is 2.30. The van der Waals surface area contributed by atoms with E-state index >= 15 is 0 Å². The first-order chi connectivity index (χ1) is 10.6. The van der Waals surface area contributed by atoms with Crippen molar-refractivity contribution in [3.63, 3.8) is 0 Å². The van der Waals surface area contributed by atoms with Gasteiger partial charge in [0.2, 0.25) is 0 Å². The molecule has 22 heavy (non-hydrogen) atoms. The number of hydrogen-bond donors (Lipinski definition) is 0. The van der Waals surface area contributed by atoms with Gasteiger partial charge in [0.1, 0.15) is 5.75 Å². The number of fused-ring (bicyclic) bond motifs is 1. The van der Waals surface area contributed by atoms with E-state index in [2.05, 4.69) is 4.74 Å². The number of benzene rings is 2. The van der Waals surface area contributed by atoms with Gasteiger partial charge < -0.3 is 4.74 Å².